The molecule has 0 fully saturated rings. The molecule has 5 nitrogen and oxygen atoms in total. The zero-order valence-electron chi connectivity index (χ0n) is 15.8. The van der Waals surface area contributed by atoms with Gasteiger partial charge in [0.1, 0.15) is 12.4 Å². The lowest BCUT2D eigenvalue weighted by Gasteiger charge is -2.13. The first-order valence-electron chi connectivity index (χ1n) is 9.17. The third-order valence-electron chi connectivity index (χ3n) is 4.43. The summed E-state index contributed by atoms with van der Waals surface area (Å²) >= 11 is 6.22. The van der Waals surface area contributed by atoms with E-state index >= 15 is 0 Å². The van der Waals surface area contributed by atoms with Crippen LogP contribution in [0.2, 0.25) is 5.02 Å². The van der Waals surface area contributed by atoms with Crippen LogP contribution in [0.4, 0.5) is 4.39 Å². The lowest BCUT2D eigenvalue weighted by atomic mass is 10.1. The molecule has 0 spiro atoms. The summed E-state index contributed by atoms with van der Waals surface area (Å²) in [5.41, 5.74) is 3.08. The van der Waals surface area contributed by atoms with Crippen molar-refractivity contribution in [1.82, 2.24) is 15.5 Å². The van der Waals surface area contributed by atoms with Gasteiger partial charge < -0.3 is 14.6 Å². The summed E-state index contributed by atoms with van der Waals surface area (Å²) in [6.45, 7) is 3.16. The Bertz CT molecular complexity index is 1150. The van der Waals surface area contributed by atoms with E-state index in [-0.39, 0.29) is 12.4 Å². The van der Waals surface area contributed by atoms with Gasteiger partial charge in [-0.2, -0.15) is 0 Å². The van der Waals surface area contributed by atoms with E-state index in [0.717, 1.165) is 28.0 Å². The molecule has 7 heteroatoms. The Morgan fingerprint density at radius 1 is 1.07 bits per heavy atom. The van der Waals surface area contributed by atoms with E-state index in [4.69, 9.17) is 20.9 Å². The number of rotatable bonds is 7. The van der Waals surface area contributed by atoms with Gasteiger partial charge in [-0.1, -0.05) is 35.0 Å². The molecule has 29 heavy (non-hydrogen) atoms. The molecule has 4 rings (SSSR count). The maximum Gasteiger partial charge on any atom is 0.218 e. The van der Waals surface area contributed by atoms with Gasteiger partial charge in [-0.15, -0.1) is 0 Å². The summed E-state index contributed by atoms with van der Waals surface area (Å²) in [6, 6.07) is 15.8. The predicted molar refractivity (Wildman–Crippen MR) is 109 cm³/mol. The SMILES string of the molecule is Cc1cc(CNCc2cc3ccc(F)cc3nc2OCc2ccccc2Cl)on1. The molecular formula is C22H19ClFN3O2. The van der Waals surface area contributed by atoms with Gasteiger partial charge in [-0.25, -0.2) is 9.37 Å². The number of fused-ring (bicyclic) bond motifs is 1. The molecule has 148 valence electrons. The normalized spacial score (nSPS) is 11.1. The topological polar surface area (TPSA) is 60.2 Å². The maximum absolute atomic E-state index is 13.6. The lowest BCUT2D eigenvalue weighted by Crippen LogP contribution is -2.14. The standard InChI is InChI=1S/C22H19ClFN3O2/c1-14-8-19(29-27-14)12-25-11-17-9-15-6-7-18(24)10-21(15)26-22(17)28-13-16-4-2-3-5-20(16)23/h2-10,25H,11-13H2,1H3. The van der Waals surface area contributed by atoms with Crippen molar-refractivity contribution in [2.24, 2.45) is 0 Å². The fourth-order valence-electron chi connectivity index (χ4n) is 3.00. The van der Waals surface area contributed by atoms with Crippen LogP contribution < -0.4 is 10.1 Å². The van der Waals surface area contributed by atoms with Crippen molar-refractivity contribution < 1.29 is 13.7 Å². The number of pyridine rings is 1. The van der Waals surface area contributed by atoms with Gasteiger partial charge in [0.15, 0.2) is 5.76 Å². The quantitative estimate of drug-likeness (QED) is 0.453. The second-order valence-corrected chi connectivity index (χ2v) is 7.12. The van der Waals surface area contributed by atoms with E-state index in [1.807, 2.05) is 43.3 Å². The molecule has 2 heterocycles. The van der Waals surface area contributed by atoms with Crippen molar-refractivity contribution in [1.29, 1.82) is 0 Å². The minimum absolute atomic E-state index is 0.266. The fraction of sp³-hybridized carbons (Fsp3) is 0.182. The Morgan fingerprint density at radius 3 is 2.72 bits per heavy atom. The number of hydrogen-bond acceptors (Lipinski definition) is 5. The van der Waals surface area contributed by atoms with Gasteiger partial charge >= 0.3 is 0 Å². The van der Waals surface area contributed by atoms with Crippen molar-refractivity contribution in [3.05, 3.63) is 88.0 Å². The Labute approximate surface area is 172 Å². The Morgan fingerprint density at radius 2 is 1.93 bits per heavy atom. The van der Waals surface area contributed by atoms with Crippen molar-refractivity contribution in [3.8, 4) is 5.88 Å². The highest BCUT2D eigenvalue weighted by Gasteiger charge is 2.11. The third-order valence-corrected chi connectivity index (χ3v) is 4.80. The van der Waals surface area contributed by atoms with E-state index in [0.29, 0.717) is 29.5 Å². The van der Waals surface area contributed by atoms with Gasteiger partial charge in [0.05, 0.1) is 17.8 Å². The predicted octanol–water partition coefficient (Wildman–Crippen LogP) is 5.19. The smallest absolute Gasteiger partial charge is 0.218 e. The summed E-state index contributed by atoms with van der Waals surface area (Å²) in [4.78, 5) is 4.53. The van der Waals surface area contributed by atoms with E-state index in [2.05, 4.69) is 15.5 Å². The Hall–Kier alpha value is -2.96. The molecule has 0 aliphatic carbocycles. The number of nitrogens with zero attached hydrogens (tertiary/aromatic N) is 2. The molecule has 0 aliphatic rings. The molecule has 4 aromatic rings. The minimum atomic E-state index is -0.339. The van der Waals surface area contributed by atoms with Gasteiger partial charge in [-0.3, -0.25) is 0 Å². The Kier molecular flexibility index (Phi) is 5.74. The highest BCUT2D eigenvalue weighted by atomic mass is 35.5. The molecular weight excluding hydrogens is 393 g/mol. The van der Waals surface area contributed by atoms with E-state index in [1.54, 1.807) is 6.07 Å². The van der Waals surface area contributed by atoms with Crippen LogP contribution in [-0.2, 0) is 19.7 Å². The summed E-state index contributed by atoms with van der Waals surface area (Å²) in [5.74, 6) is 0.842. The number of aryl methyl sites for hydroxylation is 1. The van der Waals surface area contributed by atoms with Gasteiger partial charge in [0.2, 0.25) is 5.88 Å². The fourth-order valence-corrected chi connectivity index (χ4v) is 3.19. The highest BCUT2D eigenvalue weighted by molar-refractivity contribution is 6.31. The van der Waals surface area contributed by atoms with Crippen LogP contribution in [0, 0.1) is 12.7 Å². The van der Waals surface area contributed by atoms with Crippen molar-refractivity contribution in [3.63, 3.8) is 0 Å². The molecule has 0 aliphatic heterocycles. The van der Waals surface area contributed by atoms with Gasteiger partial charge in [0.25, 0.3) is 0 Å². The average Bonchev–Trinajstić information content (AvgIpc) is 3.12. The number of nitrogens with one attached hydrogen (secondary N) is 1. The maximum atomic E-state index is 13.6. The number of ether oxygens (including phenoxy) is 1. The average molecular weight is 412 g/mol. The van der Waals surface area contributed by atoms with Gasteiger partial charge in [-0.05, 0) is 31.2 Å². The van der Waals surface area contributed by atoms with Crippen LogP contribution in [0.25, 0.3) is 10.9 Å². The van der Waals surface area contributed by atoms with Crippen molar-refractivity contribution in [2.45, 2.75) is 26.6 Å². The summed E-state index contributed by atoms with van der Waals surface area (Å²) in [5, 5.41) is 8.65. The molecule has 0 saturated heterocycles. The number of benzene rings is 2. The second kappa shape index (κ2) is 8.59. The number of halogens is 2. The number of hydrogen-bond donors (Lipinski definition) is 1. The van der Waals surface area contributed by atoms with Crippen LogP contribution >= 0.6 is 11.6 Å². The van der Waals surface area contributed by atoms with Crippen molar-refractivity contribution in [2.75, 3.05) is 0 Å². The van der Waals surface area contributed by atoms with Crippen LogP contribution in [0.3, 0.4) is 0 Å². The molecule has 0 bridgehead atoms. The molecule has 0 atom stereocenters. The van der Waals surface area contributed by atoms with Crippen molar-refractivity contribution >= 4 is 22.5 Å². The van der Waals surface area contributed by atoms with E-state index in [9.17, 15) is 4.39 Å². The zero-order valence-corrected chi connectivity index (χ0v) is 16.5. The summed E-state index contributed by atoms with van der Waals surface area (Å²) in [7, 11) is 0. The zero-order chi connectivity index (χ0) is 20.2. The molecule has 1 N–H and O–H groups in total. The Balaban J connectivity index is 1.57. The van der Waals surface area contributed by atoms with E-state index in [1.165, 1.54) is 12.1 Å². The molecule has 2 aromatic heterocycles. The molecule has 0 saturated carbocycles. The number of aromatic nitrogens is 2. The molecule has 0 radical (unpaired) electrons. The minimum Gasteiger partial charge on any atom is -0.472 e. The summed E-state index contributed by atoms with van der Waals surface area (Å²) in [6.07, 6.45) is 0. The monoisotopic (exact) mass is 411 g/mol. The van der Waals surface area contributed by atoms with Crippen LogP contribution in [-0.4, -0.2) is 10.1 Å². The summed E-state index contributed by atoms with van der Waals surface area (Å²) < 4.78 is 24.8. The van der Waals surface area contributed by atoms with Crippen LogP contribution in [0.15, 0.2) is 59.1 Å². The van der Waals surface area contributed by atoms with Crippen LogP contribution in [0.5, 0.6) is 5.88 Å². The highest BCUT2D eigenvalue weighted by Crippen LogP contribution is 2.25. The molecule has 0 amide bonds. The molecule has 0 unspecified atom stereocenters. The first-order valence-corrected chi connectivity index (χ1v) is 9.54. The second-order valence-electron chi connectivity index (χ2n) is 6.71. The van der Waals surface area contributed by atoms with Crippen LogP contribution in [0.1, 0.15) is 22.6 Å². The largest absolute Gasteiger partial charge is 0.472 e. The lowest BCUT2D eigenvalue weighted by molar-refractivity contribution is 0.290. The van der Waals surface area contributed by atoms with Gasteiger partial charge in [0, 0.05) is 40.2 Å². The third kappa shape index (κ3) is 4.72. The first-order chi connectivity index (χ1) is 14.1. The molecule has 2 aromatic carbocycles. The first kappa shape index (κ1) is 19.4. The van der Waals surface area contributed by atoms with E-state index < -0.39 is 0 Å².